The van der Waals surface area contributed by atoms with Crippen LogP contribution in [0.4, 0.5) is 5.69 Å². The smallest absolute Gasteiger partial charge is 0.228 e. The number of hydrogen-bond acceptors (Lipinski definition) is 3. The second kappa shape index (κ2) is 6.89. The summed E-state index contributed by atoms with van der Waals surface area (Å²) in [6.07, 6.45) is 1.43. The van der Waals surface area contributed by atoms with Crippen molar-refractivity contribution < 1.29 is 13.2 Å². The summed E-state index contributed by atoms with van der Waals surface area (Å²) in [4.78, 5) is 12.3. The lowest BCUT2D eigenvalue weighted by molar-refractivity contribution is -0.120. The molecule has 7 heteroatoms. The average Bonchev–Trinajstić information content (AvgIpc) is 2.49. The fraction of sp³-hybridized carbons (Fsp3) is 0.500. The Bertz CT molecular complexity index is 618. The number of benzene rings is 1. The average molecular weight is 375 g/mol. The Balaban J connectivity index is 2.05. The molecule has 0 bridgehead atoms. The predicted octanol–water partition coefficient (Wildman–Crippen LogP) is 2.45. The Labute approximate surface area is 133 Å². The molecule has 1 aliphatic rings. The zero-order valence-corrected chi connectivity index (χ0v) is 14.3. The highest BCUT2D eigenvalue weighted by Crippen LogP contribution is 2.24. The van der Waals surface area contributed by atoms with Crippen molar-refractivity contribution in [3.63, 3.8) is 0 Å². The van der Waals surface area contributed by atoms with E-state index in [0.717, 1.165) is 4.47 Å². The van der Waals surface area contributed by atoms with E-state index in [2.05, 4.69) is 21.2 Å². The van der Waals surface area contributed by atoms with E-state index in [9.17, 15) is 13.2 Å². The number of anilines is 1. The van der Waals surface area contributed by atoms with Crippen LogP contribution in [0.15, 0.2) is 28.7 Å². The first kappa shape index (κ1) is 16.5. The quantitative estimate of drug-likeness (QED) is 0.879. The molecule has 1 atom stereocenters. The largest absolute Gasteiger partial charge is 0.325 e. The van der Waals surface area contributed by atoms with E-state index in [1.165, 1.54) is 4.31 Å². The number of carbonyl (C=O) groups is 1. The summed E-state index contributed by atoms with van der Waals surface area (Å²) < 4.78 is 26.1. The van der Waals surface area contributed by atoms with Gasteiger partial charge < -0.3 is 5.32 Å². The molecule has 21 heavy (non-hydrogen) atoms. The Kier molecular flexibility index (Phi) is 5.40. The highest BCUT2D eigenvalue weighted by Gasteiger charge is 2.31. The van der Waals surface area contributed by atoms with E-state index in [4.69, 9.17) is 0 Å². The number of halogens is 1. The van der Waals surface area contributed by atoms with Gasteiger partial charge in [0.2, 0.25) is 15.9 Å². The topological polar surface area (TPSA) is 66.5 Å². The van der Waals surface area contributed by atoms with Gasteiger partial charge in [-0.3, -0.25) is 4.79 Å². The second-order valence-electron chi connectivity index (χ2n) is 5.07. The van der Waals surface area contributed by atoms with Crippen LogP contribution in [-0.4, -0.2) is 37.5 Å². The minimum atomic E-state index is -3.22. The minimum absolute atomic E-state index is 0.0750. The molecule has 116 valence electrons. The molecule has 0 unspecified atom stereocenters. The van der Waals surface area contributed by atoms with Gasteiger partial charge in [-0.25, -0.2) is 12.7 Å². The van der Waals surface area contributed by atoms with Gasteiger partial charge in [0, 0.05) is 17.6 Å². The van der Waals surface area contributed by atoms with Crippen LogP contribution >= 0.6 is 15.9 Å². The molecule has 5 nitrogen and oxygen atoms in total. The Morgan fingerprint density at radius 3 is 2.81 bits per heavy atom. The number of carbonyl (C=O) groups excluding carboxylic acids is 1. The molecule has 0 aromatic heterocycles. The normalized spacial score (nSPS) is 20.2. The molecule has 1 fully saturated rings. The van der Waals surface area contributed by atoms with Crippen LogP contribution in [0.2, 0.25) is 0 Å². The lowest BCUT2D eigenvalue weighted by atomic mass is 9.99. The van der Waals surface area contributed by atoms with Crippen LogP contribution in [0.1, 0.15) is 19.8 Å². The molecule has 0 saturated carbocycles. The van der Waals surface area contributed by atoms with E-state index < -0.39 is 10.0 Å². The van der Waals surface area contributed by atoms with Crippen molar-refractivity contribution in [3.8, 4) is 0 Å². The maximum Gasteiger partial charge on any atom is 0.228 e. The molecule has 1 saturated heterocycles. The zero-order valence-electron chi connectivity index (χ0n) is 11.9. The molecule has 1 N–H and O–H groups in total. The predicted molar refractivity (Wildman–Crippen MR) is 86.5 cm³/mol. The van der Waals surface area contributed by atoms with Crippen molar-refractivity contribution in [2.45, 2.75) is 19.8 Å². The lowest BCUT2D eigenvalue weighted by Gasteiger charge is -2.31. The fourth-order valence-corrected chi connectivity index (χ4v) is 3.95. The molecule has 0 spiro atoms. The van der Waals surface area contributed by atoms with Crippen molar-refractivity contribution in [2.24, 2.45) is 5.92 Å². The number of amides is 1. The van der Waals surface area contributed by atoms with E-state index in [-0.39, 0.29) is 24.1 Å². The number of rotatable bonds is 4. The molecule has 2 rings (SSSR count). The van der Waals surface area contributed by atoms with Gasteiger partial charge in [-0.2, -0.15) is 0 Å². The summed E-state index contributed by atoms with van der Waals surface area (Å²) in [6, 6.07) is 7.38. The highest BCUT2D eigenvalue weighted by atomic mass is 79.9. The maximum atomic E-state index is 12.3. The van der Waals surface area contributed by atoms with Gasteiger partial charge in [0.1, 0.15) is 0 Å². The number of para-hydroxylation sites is 1. The standard InChI is InChI=1S/C14H19BrN2O3S/c1-2-21(19,20)17-9-5-6-11(10-17)14(18)16-13-8-4-3-7-12(13)15/h3-4,7-8,11H,2,5-6,9-10H2,1H3,(H,16,18)/t11-/m1/s1. The van der Waals surface area contributed by atoms with Crippen molar-refractivity contribution in [1.82, 2.24) is 4.31 Å². The van der Waals surface area contributed by atoms with Gasteiger partial charge in [-0.05, 0) is 47.8 Å². The third kappa shape index (κ3) is 4.05. The van der Waals surface area contributed by atoms with Gasteiger partial charge in [0.25, 0.3) is 0 Å². The van der Waals surface area contributed by atoms with E-state index in [1.807, 2.05) is 24.3 Å². The van der Waals surface area contributed by atoms with E-state index >= 15 is 0 Å². The summed E-state index contributed by atoms with van der Waals surface area (Å²) in [5.74, 6) is -0.351. The van der Waals surface area contributed by atoms with E-state index in [0.29, 0.717) is 25.1 Å². The van der Waals surface area contributed by atoms with Crippen LogP contribution < -0.4 is 5.32 Å². The number of hydrogen-bond donors (Lipinski definition) is 1. The first-order valence-corrected chi connectivity index (χ1v) is 9.37. The monoisotopic (exact) mass is 374 g/mol. The molecular weight excluding hydrogens is 356 g/mol. The molecule has 1 heterocycles. The highest BCUT2D eigenvalue weighted by molar-refractivity contribution is 9.10. The van der Waals surface area contributed by atoms with Gasteiger partial charge in [-0.15, -0.1) is 0 Å². The summed E-state index contributed by atoms with van der Waals surface area (Å²) in [6.45, 7) is 2.40. The third-order valence-electron chi connectivity index (χ3n) is 3.64. The van der Waals surface area contributed by atoms with Crippen molar-refractivity contribution in [3.05, 3.63) is 28.7 Å². The molecule has 0 radical (unpaired) electrons. The SMILES string of the molecule is CCS(=O)(=O)N1CCC[C@@H](C(=O)Nc2ccccc2Br)C1. The van der Waals surface area contributed by atoms with Crippen molar-refractivity contribution >= 4 is 37.5 Å². The first-order valence-electron chi connectivity index (χ1n) is 6.97. The maximum absolute atomic E-state index is 12.3. The summed E-state index contributed by atoms with van der Waals surface area (Å²) in [7, 11) is -3.22. The Morgan fingerprint density at radius 2 is 2.14 bits per heavy atom. The molecule has 1 aromatic rings. The van der Waals surface area contributed by atoms with Crippen LogP contribution in [0, 0.1) is 5.92 Å². The Morgan fingerprint density at radius 1 is 1.43 bits per heavy atom. The number of piperidine rings is 1. The van der Waals surface area contributed by atoms with Crippen molar-refractivity contribution in [2.75, 3.05) is 24.2 Å². The molecule has 1 amide bonds. The lowest BCUT2D eigenvalue weighted by Crippen LogP contribution is -2.44. The van der Waals surface area contributed by atoms with Crippen LogP contribution in [0.25, 0.3) is 0 Å². The second-order valence-corrected chi connectivity index (χ2v) is 8.18. The minimum Gasteiger partial charge on any atom is -0.325 e. The molecule has 1 aromatic carbocycles. The molecule has 1 aliphatic heterocycles. The summed E-state index contributed by atoms with van der Waals surface area (Å²) in [5, 5.41) is 2.86. The van der Waals surface area contributed by atoms with E-state index in [1.54, 1.807) is 6.92 Å². The van der Waals surface area contributed by atoms with Crippen LogP contribution in [0.3, 0.4) is 0 Å². The molecule has 0 aliphatic carbocycles. The first-order chi connectivity index (χ1) is 9.94. The number of sulfonamides is 1. The van der Waals surface area contributed by atoms with Gasteiger partial charge >= 0.3 is 0 Å². The van der Waals surface area contributed by atoms with Crippen LogP contribution in [0.5, 0.6) is 0 Å². The fourth-order valence-electron chi connectivity index (χ4n) is 2.39. The summed E-state index contributed by atoms with van der Waals surface area (Å²) >= 11 is 3.38. The summed E-state index contributed by atoms with van der Waals surface area (Å²) in [5.41, 5.74) is 0.706. The van der Waals surface area contributed by atoms with Crippen molar-refractivity contribution in [1.29, 1.82) is 0 Å². The molecular formula is C14H19BrN2O3S. The number of nitrogens with zero attached hydrogens (tertiary/aromatic N) is 1. The van der Waals surface area contributed by atoms with Gasteiger partial charge in [-0.1, -0.05) is 12.1 Å². The van der Waals surface area contributed by atoms with Crippen LogP contribution in [-0.2, 0) is 14.8 Å². The zero-order chi connectivity index (χ0) is 15.5. The number of nitrogens with one attached hydrogen (secondary N) is 1. The van der Waals surface area contributed by atoms with Gasteiger partial charge in [0.15, 0.2) is 0 Å². The third-order valence-corrected chi connectivity index (χ3v) is 6.18. The Hall–Kier alpha value is -0.920. The van der Waals surface area contributed by atoms with Gasteiger partial charge in [0.05, 0.1) is 17.4 Å².